The van der Waals surface area contributed by atoms with Crippen LogP contribution in [0.25, 0.3) is 0 Å². The van der Waals surface area contributed by atoms with E-state index in [0.717, 1.165) is 32.1 Å². The number of methoxy groups -OCH3 is 1. The van der Waals surface area contributed by atoms with Gasteiger partial charge < -0.3 is 20.5 Å². The fourth-order valence-corrected chi connectivity index (χ4v) is 2.90. The van der Waals surface area contributed by atoms with E-state index in [4.69, 9.17) is 26.8 Å². The van der Waals surface area contributed by atoms with Gasteiger partial charge in [0, 0.05) is 12.1 Å². The van der Waals surface area contributed by atoms with Crippen molar-refractivity contribution in [3.05, 3.63) is 22.7 Å². The van der Waals surface area contributed by atoms with Gasteiger partial charge in [0.1, 0.15) is 11.3 Å². The molecule has 9 heteroatoms. The maximum Gasteiger partial charge on any atom is 0.342 e. The van der Waals surface area contributed by atoms with Crippen LogP contribution in [0.1, 0.15) is 42.5 Å². The number of urea groups is 1. The zero-order valence-corrected chi connectivity index (χ0v) is 15.2. The number of amides is 3. The zero-order valence-electron chi connectivity index (χ0n) is 14.5. The maximum atomic E-state index is 12.1. The second-order valence-corrected chi connectivity index (χ2v) is 6.41. The van der Waals surface area contributed by atoms with Crippen LogP contribution in [0.15, 0.2) is 12.1 Å². The van der Waals surface area contributed by atoms with Crippen LogP contribution in [0, 0.1) is 0 Å². The SMILES string of the molecule is COc1cc(N)c(Cl)cc1C(=O)OCC(=O)NC(=O)NC1CCCCC1. The van der Waals surface area contributed by atoms with Crippen molar-refractivity contribution in [2.75, 3.05) is 19.5 Å². The van der Waals surface area contributed by atoms with E-state index < -0.39 is 24.5 Å². The number of rotatable bonds is 5. The molecular weight excluding hydrogens is 362 g/mol. The maximum absolute atomic E-state index is 12.1. The van der Waals surface area contributed by atoms with Crippen LogP contribution in [0.4, 0.5) is 10.5 Å². The highest BCUT2D eigenvalue weighted by Crippen LogP contribution is 2.29. The number of anilines is 1. The third-order valence-corrected chi connectivity index (χ3v) is 4.39. The largest absolute Gasteiger partial charge is 0.496 e. The molecule has 0 atom stereocenters. The number of nitrogen functional groups attached to an aromatic ring is 1. The number of benzene rings is 1. The quantitative estimate of drug-likeness (QED) is 0.529. The van der Waals surface area contributed by atoms with Gasteiger partial charge in [0.25, 0.3) is 5.91 Å². The standard InChI is InChI=1S/C17H22ClN3O5/c1-25-14-8-13(19)12(18)7-11(14)16(23)26-9-15(22)21-17(24)20-10-5-3-2-4-6-10/h7-8,10H,2-6,9,19H2,1H3,(H2,20,21,22,24). The zero-order chi connectivity index (χ0) is 19.1. The van der Waals surface area contributed by atoms with Gasteiger partial charge in [-0.15, -0.1) is 0 Å². The number of nitrogens with one attached hydrogen (secondary N) is 2. The van der Waals surface area contributed by atoms with Crippen molar-refractivity contribution < 1.29 is 23.9 Å². The Labute approximate surface area is 156 Å². The molecule has 2 rings (SSSR count). The molecule has 26 heavy (non-hydrogen) atoms. The minimum absolute atomic E-state index is 0.0335. The highest BCUT2D eigenvalue weighted by atomic mass is 35.5. The molecule has 0 heterocycles. The summed E-state index contributed by atoms with van der Waals surface area (Å²) in [6.07, 6.45) is 5.07. The molecule has 0 unspecified atom stereocenters. The van der Waals surface area contributed by atoms with E-state index in [-0.39, 0.29) is 28.1 Å². The Morgan fingerprint density at radius 2 is 1.92 bits per heavy atom. The lowest BCUT2D eigenvalue weighted by Gasteiger charge is -2.22. The van der Waals surface area contributed by atoms with Crippen LogP contribution in [-0.4, -0.2) is 37.7 Å². The molecule has 142 valence electrons. The van der Waals surface area contributed by atoms with Crippen LogP contribution in [-0.2, 0) is 9.53 Å². The third kappa shape index (κ3) is 5.52. The number of carbonyl (C=O) groups is 3. The Morgan fingerprint density at radius 3 is 2.58 bits per heavy atom. The van der Waals surface area contributed by atoms with Crippen molar-refractivity contribution in [1.29, 1.82) is 0 Å². The van der Waals surface area contributed by atoms with E-state index in [0.29, 0.717) is 0 Å². The average Bonchev–Trinajstić information content (AvgIpc) is 2.62. The van der Waals surface area contributed by atoms with Crippen molar-refractivity contribution in [2.24, 2.45) is 0 Å². The number of nitrogens with two attached hydrogens (primary N) is 1. The van der Waals surface area contributed by atoms with E-state index in [9.17, 15) is 14.4 Å². The summed E-state index contributed by atoms with van der Waals surface area (Å²) in [5, 5.41) is 5.04. The Bertz CT molecular complexity index is 689. The highest BCUT2D eigenvalue weighted by Gasteiger charge is 2.20. The van der Waals surface area contributed by atoms with E-state index in [1.807, 2.05) is 0 Å². The monoisotopic (exact) mass is 383 g/mol. The number of ether oxygens (including phenoxy) is 2. The molecule has 0 aromatic heterocycles. The third-order valence-electron chi connectivity index (χ3n) is 4.07. The molecule has 8 nitrogen and oxygen atoms in total. The minimum Gasteiger partial charge on any atom is -0.496 e. The van der Waals surface area contributed by atoms with Crippen LogP contribution in [0.3, 0.4) is 0 Å². The fraction of sp³-hybridized carbons (Fsp3) is 0.471. The molecule has 1 aliphatic carbocycles. The topological polar surface area (TPSA) is 120 Å². The second-order valence-electron chi connectivity index (χ2n) is 6.01. The van der Waals surface area contributed by atoms with Gasteiger partial charge in [-0.05, 0) is 18.9 Å². The van der Waals surface area contributed by atoms with Crippen LogP contribution >= 0.6 is 11.6 Å². The Balaban J connectivity index is 1.84. The average molecular weight is 384 g/mol. The van der Waals surface area contributed by atoms with Crippen molar-refractivity contribution in [1.82, 2.24) is 10.6 Å². The minimum atomic E-state index is -0.813. The predicted octanol–water partition coefficient (Wildman–Crippen LogP) is 2.25. The summed E-state index contributed by atoms with van der Waals surface area (Å²) in [5.41, 5.74) is 5.93. The smallest absolute Gasteiger partial charge is 0.342 e. The van der Waals surface area contributed by atoms with Gasteiger partial charge in [0.05, 0.1) is 17.8 Å². The van der Waals surface area contributed by atoms with Gasteiger partial charge in [-0.1, -0.05) is 30.9 Å². The van der Waals surface area contributed by atoms with Crippen molar-refractivity contribution in [3.8, 4) is 5.75 Å². The molecule has 1 aromatic rings. The normalized spacial score (nSPS) is 14.4. The lowest BCUT2D eigenvalue weighted by Crippen LogP contribution is -2.46. The van der Waals surface area contributed by atoms with Gasteiger partial charge in [-0.2, -0.15) is 0 Å². The first kappa shape index (κ1) is 19.8. The number of carbonyl (C=O) groups excluding carboxylic acids is 3. The van der Waals surface area contributed by atoms with Gasteiger partial charge in [-0.25, -0.2) is 9.59 Å². The number of halogens is 1. The first-order valence-electron chi connectivity index (χ1n) is 8.31. The Hall–Kier alpha value is -2.48. The Morgan fingerprint density at radius 1 is 1.23 bits per heavy atom. The number of esters is 1. The lowest BCUT2D eigenvalue weighted by atomic mass is 9.96. The first-order valence-corrected chi connectivity index (χ1v) is 8.69. The van der Waals surface area contributed by atoms with Crippen LogP contribution in [0.2, 0.25) is 5.02 Å². The lowest BCUT2D eigenvalue weighted by molar-refractivity contribution is -0.123. The summed E-state index contributed by atoms with van der Waals surface area (Å²) in [7, 11) is 1.36. The molecule has 0 saturated heterocycles. The molecule has 0 spiro atoms. The van der Waals surface area contributed by atoms with E-state index in [1.54, 1.807) is 0 Å². The molecule has 0 bridgehead atoms. The first-order chi connectivity index (χ1) is 12.4. The van der Waals surface area contributed by atoms with Crippen molar-refractivity contribution in [2.45, 2.75) is 38.1 Å². The molecule has 3 amide bonds. The summed E-state index contributed by atoms with van der Waals surface area (Å²) in [6, 6.07) is 2.16. The van der Waals surface area contributed by atoms with Crippen molar-refractivity contribution in [3.63, 3.8) is 0 Å². The molecule has 1 aliphatic rings. The summed E-state index contributed by atoms with van der Waals surface area (Å²) < 4.78 is 9.96. The molecule has 1 fully saturated rings. The van der Waals surface area contributed by atoms with Gasteiger partial charge in [0.2, 0.25) is 0 Å². The van der Waals surface area contributed by atoms with Gasteiger partial charge >= 0.3 is 12.0 Å². The molecule has 1 aromatic carbocycles. The van der Waals surface area contributed by atoms with Crippen LogP contribution < -0.4 is 21.1 Å². The van der Waals surface area contributed by atoms with Crippen LogP contribution in [0.5, 0.6) is 5.75 Å². The highest BCUT2D eigenvalue weighted by molar-refractivity contribution is 6.33. The summed E-state index contributed by atoms with van der Waals surface area (Å²) in [5.74, 6) is -1.37. The summed E-state index contributed by atoms with van der Waals surface area (Å²) in [6.45, 7) is -0.609. The van der Waals surface area contributed by atoms with Crippen molar-refractivity contribution >= 4 is 35.2 Å². The summed E-state index contributed by atoms with van der Waals surface area (Å²) >= 11 is 5.89. The molecule has 4 N–H and O–H groups in total. The van der Waals surface area contributed by atoms with Gasteiger partial charge in [0.15, 0.2) is 6.61 Å². The molecule has 0 radical (unpaired) electrons. The van der Waals surface area contributed by atoms with E-state index >= 15 is 0 Å². The van der Waals surface area contributed by atoms with E-state index in [1.165, 1.54) is 19.2 Å². The molecule has 1 saturated carbocycles. The Kier molecular flexibility index (Phi) is 7.08. The fourth-order valence-electron chi connectivity index (χ4n) is 2.74. The predicted molar refractivity (Wildman–Crippen MR) is 96.2 cm³/mol. The second kappa shape index (κ2) is 9.28. The van der Waals surface area contributed by atoms with E-state index in [2.05, 4.69) is 10.6 Å². The molecule has 0 aliphatic heterocycles. The van der Waals surface area contributed by atoms with Gasteiger partial charge in [-0.3, -0.25) is 10.1 Å². The number of hydrogen-bond acceptors (Lipinski definition) is 6. The number of hydrogen-bond donors (Lipinski definition) is 3. The molecular formula is C17H22ClN3O5. The number of imide groups is 1. The summed E-state index contributed by atoms with van der Waals surface area (Å²) in [4.78, 5) is 35.7.